The van der Waals surface area contributed by atoms with Crippen molar-refractivity contribution in [3.05, 3.63) is 46.6 Å². The summed E-state index contributed by atoms with van der Waals surface area (Å²) in [5, 5.41) is 1.41. The Kier molecular flexibility index (Phi) is 2.63. The third-order valence-electron chi connectivity index (χ3n) is 3.83. The molecule has 0 unspecified atom stereocenters. The predicted octanol–water partition coefficient (Wildman–Crippen LogP) is 3.44. The number of benzene rings is 2. The molecule has 0 amide bonds. The Balaban J connectivity index is 2.16. The highest BCUT2D eigenvalue weighted by atomic mass is 16.5. The minimum atomic E-state index is -0.137. The van der Waals surface area contributed by atoms with Gasteiger partial charge in [-0.15, -0.1) is 0 Å². The van der Waals surface area contributed by atoms with Crippen molar-refractivity contribution in [2.24, 2.45) is 0 Å². The van der Waals surface area contributed by atoms with Crippen LogP contribution in [0.5, 0.6) is 11.5 Å². The van der Waals surface area contributed by atoms with Gasteiger partial charge < -0.3 is 18.9 Å². The molecule has 110 valence electrons. The number of hydrogen-bond acceptors (Lipinski definition) is 4. The standard InChI is InChI=1S/C17H13NO4/c1-20-9-3-5-11-13(7-9)18-15-12-6-4-10(21-2)8-14(12)22-17(15)16(11)19/h3-8H,1-2H3,(H,18,19). The number of methoxy groups -OCH3 is 2. The summed E-state index contributed by atoms with van der Waals surface area (Å²) in [5.41, 5.74) is 2.20. The fourth-order valence-electron chi connectivity index (χ4n) is 2.70. The second-order valence-electron chi connectivity index (χ2n) is 5.03. The van der Waals surface area contributed by atoms with E-state index in [0.29, 0.717) is 33.6 Å². The van der Waals surface area contributed by atoms with Crippen LogP contribution in [0.1, 0.15) is 0 Å². The Bertz CT molecular complexity index is 1070. The molecule has 0 atom stereocenters. The SMILES string of the molecule is COc1ccc2c(=O)c3oc4cc(OC)ccc4c3[nH]c2c1. The minimum absolute atomic E-state index is 0.137. The zero-order valence-corrected chi connectivity index (χ0v) is 12.1. The maximum atomic E-state index is 12.6. The van der Waals surface area contributed by atoms with Gasteiger partial charge in [-0.25, -0.2) is 0 Å². The number of H-pyrrole nitrogens is 1. The topological polar surface area (TPSA) is 64.5 Å². The first-order valence-corrected chi connectivity index (χ1v) is 6.81. The summed E-state index contributed by atoms with van der Waals surface area (Å²) in [6, 6.07) is 10.8. The van der Waals surface area contributed by atoms with Crippen molar-refractivity contribution in [3.8, 4) is 11.5 Å². The fraction of sp³-hybridized carbons (Fsp3) is 0.118. The van der Waals surface area contributed by atoms with Crippen LogP contribution in [0.25, 0.3) is 33.0 Å². The number of fused-ring (bicyclic) bond motifs is 4. The minimum Gasteiger partial charge on any atom is -0.497 e. The van der Waals surface area contributed by atoms with Gasteiger partial charge in [0.15, 0.2) is 5.58 Å². The molecule has 5 nitrogen and oxygen atoms in total. The summed E-state index contributed by atoms with van der Waals surface area (Å²) in [6.07, 6.45) is 0. The average molecular weight is 295 g/mol. The third kappa shape index (κ3) is 1.69. The lowest BCUT2D eigenvalue weighted by atomic mass is 10.1. The van der Waals surface area contributed by atoms with Crippen LogP contribution in [0.3, 0.4) is 0 Å². The summed E-state index contributed by atoms with van der Waals surface area (Å²) in [5.74, 6) is 1.38. The summed E-state index contributed by atoms with van der Waals surface area (Å²) in [7, 11) is 3.19. The summed E-state index contributed by atoms with van der Waals surface area (Å²) < 4.78 is 16.1. The van der Waals surface area contributed by atoms with Crippen molar-refractivity contribution >= 4 is 33.0 Å². The van der Waals surface area contributed by atoms with Gasteiger partial charge in [-0.1, -0.05) is 0 Å². The van der Waals surface area contributed by atoms with E-state index in [2.05, 4.69) is 4.98 Å². The first-order valence-electron chi connectivity index (χ1n) is 6.81. The van der Waals surface area contributed by atoms with Crippen molar-refractivity contribution in [2.45, 2.75) is 0 Å². The Hall–Kier alpha value is -2.95. The molecule has 2 heterocycles. The highest BCUT2D eigenvalue weighted by Gasteiger charge is 2.14. The number of nitrogens with one attached hydrogen (secondary N) is 1. The normalized spacial score (nSPS) is 11.4. The van der Waals surface area contributed by atoms with E-state index in [9.17, 15) is 4.79 Å². The van der Waals surface area contributed by atoms with Gasteiger partial charge in [-0.3, -0.25) is 4.79 Å². The highest BCUT2D eigenvalue weighted by molar-refractivity contribution is 6.06. The highest BCUT2D eigenvalue weighted by Crippen LogP contribution is 2.30. The van der Waals surface area contributed by atoms with Gasteiger partial charge in [-0.2, -0.15) is 0 Å². The van der Waals surface area contributed by atoms with E-state index in [4.69, 9.17) is 13.9 Å². The van der Waals surface area contributed by atoms with Crippen molar-refractivity contribution in [3.63, 3.8) is 0 Å². The summed E-state index contributed by atoms with van der Waals surface area (Å²) in [4.78, 5) is 15.9. The molecule has 2 aromatic carbocycles. The van der Waals surface area contributed by atoms with Crippen molar-refractivity contribution in [2.75, 3.05) is 14.2 Å². The number of ether oxygens (including phenoxy) is 2. The smallest absolute Gasteiger partial charge is 0.232 e. The van der Waals surface area contributed by atoms with Crippen LogP contribution in [0.15, 0.2) is 45.6 Å². The molecule has 1 N–H and O–H groups in total. The van der Waals surface area contributed by atoms with Gasteiger partial charge in [0.2, 0.25) is 5.43 Å². The van der Waals surface area contributed by atoms with Crippen LogP contribution in [0.2, 0.25) is 0 Å². The van der Waals surface area contributed by atoms with Gasteiger partial charge in [-0.05, 0) is 24.3 Å². The van der Waals surface area contributed by atoms with Crippen molar-refractivity contribution in [1.82, 2.24) is 4.98 Å². The molecular weight excluding hydrogens is 282 g/mol. The quantitative estimate of drug-likeness (QED) is 0.615. The third-order valence-corrected chi connectivity index (χ3v) is 3.83. The molecular formula is C17H13NO4. The van der Waals surface area contributed by atoms with Gasteiger partial charge in [0, 0.05) is 22.9 Å². The molecule has 5 heteroatoms. The molecule has 0 bridgehead atoms. The second-order valence-corrected chi connectivity index (χ2v) is 5.03. The zero-order valence-electron chi connectivity index (χ0n) is 12.1. The lowest BCUT2D eigenvalue weighted by Gasteiger charge is -2.02. The van der Waals surface area contributed by atoms with Gasteiger partial charge in [0.05, 0.1) is 25.3 Å². The van der Waals surface area contributed by atoms with E-state index < -0.39 is 0 Å². The number of pyridine rings is 1. The fourth-order valence-corrected chi connectivity index (χ4v) is 2.70. The molecule has 22 heavy (non-hydrogen) atoms. The molecule has 4 rings (SSSR count). The first-order chi connectivity index (χ1) is 10.7. The molecule has 0 aliphatic carbocycles. The van der Waals surface area contributed by atoms with E-state index in [-0.39, 0.29) is 5.43 Å². The average Bonchev–Trinajstić information content (AvgIpc) is 2.92. The molecule has 0 saturated heterocycles. The number of rotatable bonds is 2. The van der Waals surface area contributed by atoms with Gasteiger partial charge in [0.1, 0.15) is 17.1 Å². The van der Waals surface area contributed by atoms with E-state index in [1.54, 1.807) is 38.5 Å². The molecule has 0 aliphatic heterocycles. The van der Waals surface area contributed by atoms with Gasteiger partial charge in [0.25, 0.3) is 0 Å². The molecule has 0 saturated carbocycles. The van der Waals surface area contributed by atoms with E-state index in [0.717, 1.165) is 10.9 Å². The van der Waals surface area contributed by atoms with E-state index >= 15 is 0 Å². The zero-order chi connectivity index (χ0) is 15.3. The number of aromatic nitrogens is 1. The van der Waals surface area contributed by atoms with Crippen LogP contribution in [-0.4, -0.2) is 19.2 Å². The summed E-state index contributed by atoms with van der Waals surface area (Å²) in [6.45, 7) is 0. The first kappa shape index (κ1) is 12.8. The Morgan fingerprint density at radius 2 is 1.64 bits per heavy atom. The monoisotopic (exact) mass is 295 g/mol. The van der Waals surface area contributed by atoms with Crippen LogP contribution in [0.4, 0.5) is 0 Å². The predicted molar refractivity (Wildman–Crippen MR) is 85.0 cm³/mol. The van der Waals surface area contributed by atoms with Crippen LogP contribution < -0.4 is 14.9 Å². The van der Waals surface area contributed by atoms with Crippen molar-refractivity contribution < 1.29 is 13.9 Å². The Morgan fingerprint density at radius 3 is 2.36 bits per heavy atom. The molecule has 0 aliphatic rings. The van der Waals surface area contributed by atoms with Gasteiger partial charge >= 0.3 is 0 Å². The maximum absolute atomic E-state index is 12.6. The van der Waals surface area contributed by atoms with E-state index in [1.165, 1.54) is 0 Å². The molecule has 0 radical (unpaired) electrons. The van der Waals surface area contributed by atoms with Crippen LogP contribution in [0, 0.1) is 0 Å². The number of hydrogen-bond donors (Lipinski definition) is 1. The lowest BCUT2D eigenvalue weighted by molar-refractivity contribution is 0.414. The molecule has 2 aromatic heterocycles. The number of aromatic amines is 1. The molecule has 0 fully saturated rings. The molecule has 0 spiro atoms. The second kappa shape index (κ2) is 4.53. The van der Waals surface area contributed by atoms with Crippen molar-refractivity contribution in [1.29, 1.82) is 0 Å². The summed E-state index contributed by atoms with van der Waals surface area (Å²) >= 11 is 0. The van der Waals surface area contributed by atoms with Crippen LogP contribution >= 0.6 is 0 Å². The Labute approximate surface area is 125 Å². The lowest BCUT2D eigenvalue weighted by Crippen LogP contribution is -2.02. The largest absolute Gasteiger partial charge is 0.497 e. The Morgan fingerprint density at radius 1 is 0.955 bits per heavy atom. The maximum Gasteiger partial charge on any atom is 0.232 e. The molecule has 4 aromatic rings. The van der Waals surface area contributed by atoms with E-state index in [1.807, 2.05) is 12.1 Å². The van der Waals surface area contributed by atoms with Crippen LogP contribution in [-0.2, 0) is 0 Å². The number of furan rings is 1.